The first-order valence-electron chi connectivity index (χ1n) is 11.1. The van der Waals surface area contributed by atoms with E-state index in [0.717, 1.165) is 28.2 Å². The van der Waals surface area contributed by atoms with E-state index in [1.807, 2.05) is 48.5 Å². The van der Waals surface area contributed by atoms with E-state index in [1.54, 1.807) is 19.2 Å². The van der Waals surface area contributed by atoms with Crippen LogP contribution in [0.5, 0.6) is 5.75 Å². The first-order chi connectivity index (χ1) is 16.1. The number of hydrogen-bond donors (Lipinski definition) is 1. The van der Waals surface area contributed by atoms with Crippen molar-refractivity contribution in [3.8, 4) is 5.75 Å². The van der Waals surface area contributed by atoms with Gasteiger partial charge in [0.05, 0.1) is 18.9 Å². The van der Waals surface area contributed by atoms with Gasteiger partial charge in [-0.2, -0.15) is 0 Å². The predicted molar refractivity (Wildman–Crippen MR) is 127 cm³/mol. The van der Waals surface area contributed by atoms with E-state index in [9.17, 15) is 9.50 Å². The minimum absolute atomic E-state index is 0.139. The third-order valence-corrected chi connectivity index (χ3v) is 5.70. The molecule has 33 heavy (non-hydrogen) atoms. The van der Waals surface area contributed by atoms with E-state index < -0.39 is 6.10 Å². The summed E-state index contributed by atoms with van der Waals surface area (Å²) in [6, 6.07) is 24.2. The summed E-state index contributed by atoms with van der Waals surface area (Å²) >= 11 is 0. The highest BCUT2D eigenvalue weighted by molar-refractivity contribution is 6.01. The number of rotatable bonds is 10. The van der Waals surface area contributed by atoms with Crippen LogP contribution in [0.2, 0.25) is 0 Å². The van der Waals surface area contributed by atoms with Crippen molar-refractivity contribution in [1.29, 1.82) is 0 Å². The SMILES string of the molecule is COc1cccc(CN(CC(O)Cc2ccccc2)CC2CC(c3ccc(F)cc3)=NO2)c1. The molecule has 0 fully saturated rings. The van der Waals surface area contributed by atoms with E-state index in [0.29, 0.717) is 32.5 Å². The molecule has 0 saturated carbocycles. The maximum Gasteiger partial charge on any atom is 0.145 e. The van der Waals surface area contributed by atoms with Gasteiger partial charge in [-0.15, -0.1) is 0 Å². The van der Waals surface area contributed by atoms with Crippen molar-refractivity contribution in [2.75, 3.05) is 20.2 Å². The van der Waals surface area contributed by atoms with Gasteiger partial charge in [-0.1, -0.05) is 59.8 Å². The molecule has 0 spiro atoms. The second kappa shape index (κ2) is 11.1. The molecule has 5 nitrogen and oxygen atoms in total. The summed E-state index contributed by atoms with van der Waals surface area (Å²) in [6.45, 7) is 1.75. The lowest BCUT2D eigenvalue weighted by Crippen LogP contribution is -2.38. The van der Waals surface area contributed by atoms with Crippen LogP contribution in [-0.4, -0.2) is 48.1 Å². The van der Waals surface area contributed by atoms with Crippen molar-refractivity contribution in [3.05, 3.63) is 101 Å². The molecule has 6 heteroatoms. The fourth-order valence-electron chi connectivity index (χ4n) is 4.11. The Morgan fingerprint density at radius 1 is 1.06 bits per heavy atom. The first kappa shape index (κ1) is 23.0. The van der Waals surface area contributed by atoms with E-state index >= 15 is 0 Å². The lowest BCUT2D eigenvalue weighted by molar-refractivity contribution is 0.0322. The van der Waals surface area contributed by atoms with Gasteiger partial charge in [-0.3, -0.25) is 4.90 Å². The largest absolute Gasteiger partial charge is 0.497 e. The molecule has 0 amide bonds. The van der Waals surface area contributed by atoms with E-state index in [1.165, 1.54) is 12.1 Å². The zero-order valence-corrected chi connectivity index (χ0v) is 18.7. The number of benzene rings is 3. The van der Waals surface area contributed by atoms with E-state index in [4.69, 9.17) is 9.57 Å². The fraction of sp³-hybridized carbons (Fsp3) is 0.296. The van der Waals surface area contributed by atoms with Gasteiger partial charge in [0.2, 0.25) is 0 Å². The Hall–Kier alpha value is -3.22. The Morgan fingerprint density at radius 3 is 2.58 bits per heavy atom. The number of hydrogen-bond acceptors (Lipinski definition) is 5. The molecule has 0 radical (unpaired) electrons. The highest BCUT2D eigenvalue weighted by atomic mass is 19.1. The molecule has 0 bridgehead atoms. The summed E-state index contributed by atoms with van der Waals surface area (Å²) in [5.74, 6) is 0.531. The normalized spacial score (nSPS) is 16.4. The number of aliphatic hydroxyl groups excluding tert-OH is 1. The van der Waals surface area contributed by atoms with E-state index in [-0.39, 0.29) is 11.9 Å². The number of oxime groups is 1. The monoisotopic (exact) mass is 448 g/mol. The molecule has 1 heterocycles. The minimum Gasteiger partial charge on any atom is -0.497 e. The van der Waals surface area contributed by atoms with Crippen LogP contribution in [0.15, 0.2) is 84.0 Å². The van der Waals surface area contributed by atoms with Gasteiger partial charge in [0.25, 0.3) is 0 Å². The van der Waals surface area contributed by atoms with Crippen LogP contribution < -0.4 is 4.74 Å². The Kier molecular flexibility index (Phi) is 7.70. The zero-order valence-electron chi connectivity index (χ0n) is 18.7. The third-order valence-electron chi connectivity index (χ3n) is 5.70. The number of methoxy groups -OCH3 is 1. The summed E-state index contributed by atoms with van der Waals surface area (Å²) in [4.78, 5) is 7.90. The van der Waals surface area contributed by atoms with E-state index in [2.05, 4.69) is 16.1 Å². The average Bonchev–Trinajstić information content (AvgIpc) is 3.28. The second-order valence-electron chi connectivity index (χ2n) is 8.37. The molecular weight excluding hydrogens is 419 g/mol. The lowest BCUT2D eigenvalue weighted by atomic mass is 10.0. The van der Waals surface area contributed by atoms with Crippen LogP contribution in [0.3, 0.4) is 0 Å². The molecule has 0 aliphatic carbocycles. The standard InChI is InChI=1S/C27H29FN2O3/c1-32-25-9-5-8-21(15-25)17-30(18-24(31)14-20-6-3-2-4-7-20)19-26-16-27(29-33-26)22-10-12-23(28)13-11-22/h2-13,15,24,26,31H,14,16-19H2,1H3. The molecule has 1 aliphatic rings. The average molecular weight is 449 g/mol. The maximum atomic E-state index is 13.3. The predicted octanol–water partition coefficient (Wildman–Crippen LogP) is 4.43. The molecule has 172 valence electrons. The first-order valence-corrected chi connectivity index (χ1v) is 11.1. The Balaban J connectivity index is 1.42. The van der Waals surface area contributed by atoms with Crippen LogP contribution >= 0.6 is 0 Å². The smallest absolute Gasteiger partial charge is 0.145 e. The molecule has 0 saturated heterocycles. The van der Waals surface area contributed by atoms with Crippen molar-refractivity contribution in [3.63, 3.8) is 0 Å². The number of ether oxygens (including phenoxy) is 1. The zero-order chi connectivity index (χ0) is 23.0. The van der Waals surface area contributed by atoms with Crippen LogP contribution in [-0.2, 0) is 17.8 Å². The Morgan fingerprint density at radius 2 is 1.82 bits per heavy atom. The van der Waals surface area contributed by atoms with Gasteiger partial charge in [-0.25, -0.2) is 4.39 Å². The molecule has 1 aliphatic heterocycles. The second-order valence-corrected chi connectivity index (χ2v) is 8.37. The van der Waals surface area contributed by atoms with Crippen LogP contribution in [0.1, 0.15) is 23.1 Å². The Bertz CT molecular complexity index is 1060. The summed E-state index contributed by atoms with van der Waals surface area (Å²) in [6.07, 6.45) is 0.560. The maximum absolute atomic E-state index is 13.3. The summed E-state index contributed by atoms with van der Waals surface area (Å²) in [5.41, 5.74) is 3.87. The van der Waals surface area contributed by atoms with Crippen molar-refractivity contribution < 1.29 is 19.1 Å². The number of halogens is 1. The number of aliphatic hydroxyl groups is 1. The summed E-state index contributed by atoms with van der Waals surface area (Å²) < 4.78 is 18.6. The van der Waals surface area contributed by atoms with Crippen LogP contribution in [0.4, 0.5) is 4.39 Å². The van der Waals surface area contributed by atoms with Gasteiger partial charge in [0.15, 0.2) is 0 Å². The van der Waals surface area contributed by atoms with Crippen LogP contribution in [0.25, 0.3) is 0 Å². The molecule has 3 aromatic carbocycles. The lowest BCUT2D eigenvalue weighted by Gasteiger charge is -2.27. The highest BCUT2D eigenvalue weighted by Gasteiger charge is 2.26. The molecule has 4 rings (SSSR count). The van der Waals surface area contributed by atoms with Gasteiger partial charge < -0.3 is 14.7 Å². The molecule has 0 aromatic heterocycles. The van der Waals surface area contributed by atoms with Gasteiger partial charge >= 0.3 is 0 Å². The Labute approximate surface area is 194 Å². The van der Waals surface area contributed by atoms with Crippen LogP contribution in [0, 0.1) is 5.82 Å². The fourth-order valence-corrected chi connectivity index (χ4v) is 4.11. The van der Waals surface area contributed by atoms with Crippen molar-refractivity contribution in [2.24, 2.45) is 5.16 Å². The molecule has 2 atom stereocenters. The summed E-state index contributed by atoms with van der Waals surface area (Å²) in [5, 5.41) is 15.0. The molecular formula is C27H29FN2O3. The van der Waals surface area contributed by atoms with Gasteiger partial charge in [0.1, 0.15) is 17.7 Å². The minimum atomic E-state index is -0.517. The molecule has 2 unspecified atom stereocenters. The van der Waals surface area contributed by atoms with Gasteiger partial charge in [-0.05, 0) is 47.4 Å². The quantitative estimate of drug-likeness (QED) is 0.499. The molecule has 3 aromatic rings. The summed E-state index contributed by atoms with van der Waals surface area (Å²) in [7, 11) is 1.65. The van der Waals surface area contributed by atoms with Crippen molar-refractivity contribution >= 4 is 5.71 Å². The molecule has 1 N–H and O–H groups in total. The van der Waals surface area contributed by atoms with Crippen molar-refractivity contribution in [2.45, 2.75) is 31.6 Å². The van der Waals surface area contributed by atoms with Crippen molar-refractivity contribution in [1.82, 2.24) is 4.90 Å². The topological polar surface area (TPSA) is 54.3 Å². The third kappa shape index (κ3) is 6.63. The number of nitrogens with zero attached hydrogens (tertiary/aromatic N) is 2. The highest BCUT2D eigenvalue weighted by Crippen LogP contribution is 2.20. The van der Waals surface area contributed by atoms with Gasteiger partial charge in [0, 0.05) is 26.1 Å².